The molecule has 0 unspecified atom stereocenters. The van der Waals surface area contributed by atoms with Crippen LogP contribution >= 0.6 is 0 Å². The Bertz CT molecular complexity index is 2510. The molecule has 7 aromatic carbocycles. The summed E-state index contributed by atoms with van der Waals surface area (Å²) in [6, 6.07) is 50.9. The van der Waals surface area contributed by atoms with Gasteiger partial charge in [0, 0.05) is 33.4 Å². The van der Waals surface area contributed by atoms with E-state index in [1.165, 1.54) is 0 Å². The standard InChI is InChI=1S/C49H42N2O/c1-48(2,3)40-29-35(30-41(46(40)52)49(4,5)6)38-27-25-31-17-13-15-23-36(31)42(38)43-37-24-16-14-18-32(37)26-28-39(43)47-50-44(33-19-9-7-10-20-33)45(51-47)34-21-11-8-12-22-34/h7-30H,1-6H3. The summed E-state index contributed by atoms with van der Waals surface area (Å²) in [5.74, 6) is 0.807. The highest BCUT2D eigenvalue weighted by Crippen LogP contribution is 2.48. The molecule has 0 amide bonds. The third-order valence-corrected chi connectivity index (χ3v) is 10.1. The average Bonchev–Trinajstić information content (AvgIpc) is 3.59. The van der Waals surface area contributed by atoms with Gasteiger partial charge in [0.1, 0.15) is 0 Å². The molecular weight excluding hydrogens is 633 g/mol. The summed E-state index contributed by atoms with van der Waals surface area (Å²) in [6.45, 7) is 12.8. The van der Waals surface area contributed by atoms with Gasteiger partial charge < -0.3 is 0 Å². The Kier molecular flexibility index (Phi) is 8.11. The van der Waals surface area contributed by atoms with Crippen molar-refractivity contribution < 1.29 is 5.11 Å². The summed E-state index contributed by atoms with van der Waals surface area (Å²) in [4.78, 5) is 5.35. The van der Waals surface area contributed by atoms with E-state index in [-0.39, 0.29) is 16.6 Å². The molecule has 0 atom stereocenters. The Hall–Kier alpha value is -5.93. The van der Waals surface area contributed by atoms with Gasteiger partial charge in [-0.3, -0.25) is 5.11 Å². The van der Waals surface area contributed by atoms with Crippen LogP contribution in [0.5, 0.6) is 5.75 Å². The lowest BCUT2D eigenvalue weighted by molar-refractivity contribution is 0.327. The second kappa shape index (κ2) is 12.7. The summed E-state index contributed by atoms with van der Waals surface area (Å²) >= 11 is 0. The molecule has 8 rings (SSSR count). The van der Waals surface area contributed by atoms with Gasteiger partial charge in [0.2, 0.25) is 0 Å². The minimum absolute atomic E-state index is 0.129. The van der Waals surface area contributed by atoms with E-state index in [2.05, 4.69) is 151 Å². The van der Waals surface area contributed by atoms with Gasteiger partial charge in [-0.05, 0) is 67.3 Å². The Morgan fingerprint density at radius 1 is 0.442 bits per heavy atom. The van der Waals surface area contributed by atoms with Gasteiger partial charge >= 0.3 is 0 Å². The van der Waals surface area contributed by atoms with Gasteiger partial charge in [-0.25, -0.2) is 10.3 Å². The maximum absolute atomic E-state index is 14.1. The summed E-state index contributed by atoms with van der Waals surface area (Å²) in [6.07, 6.45) is 0. The summed E-state index contributed by atoms with van der Waals surface area (Å²) in [7, 11) is 0. The first-order chi connectivity index (χ1) is 25.0. The van der Waals surface area contributed by atoms with Crippen molar-refractivity contribution in [2.24, 2.45) is 4.99 Å². The maximum atomic E-state index is 14.1. The van der Waals surface area contributed by atoms with Gasteiger partial charge in [-0.1, -0.05) is 169 Å². The first-order valence-corrected chi connectivity index (χ1v) is 18.1. The number of hydrogen-bond donors (Lipinski definition) is 0. The quantitative estimate of drug-likeness (QED) is 0.174. The third kappa shape index (κ3) is 5.86. The van der Waals surface area contributed by atoms with Crippen molar-refractivity contribution in [1.82, 2.24) is 5.32 Å². The predicted octanol–water partition coefficient (Wildman–Crippen LogP) is 13.0. The third-order valence-electron chi connectivity index (χ3n) is 10.1. The maximum Gasteiger partial charge on any atom is 0.186 e. The molecule has 0 saturated heterocycles. The van der Waals surface area contributed by atoms with Crippen LogP contribution < -0.4 is 5.32 Å². The lowest BCUT2D eigenvalue weighted by Crippen LogP contribution is -2.17. The molecule has 0 aliphatic carbocycles. The minimum Gasteiger partial charge on any atom is -0.289 e. The largest absolute Gasteiger partial charge is 0.289 e. The van der Waals surface area contributed by atoms with Gasteiger partial charge in [-0.2, -0.15) is 0 Å². The molecule has 0 fully saturated rings. The normalized spacial score (nSPS) is 13.5. The van der Waals surface area contributed by atoms with E-state index in [0.29, 0.717) is 5.84 Å². The molecule has 1 aliphatic rings. The second-order valence-corrected chi connectivity index (χ2v) is 15.8. The van der Waals surface area contributed by atoms with E-state index in [9.17, 15) is 5.11 Å². The number of fused-ring (bicyclic) bond motifs is 2. The second-order valence-electron chi connectivity index (χ2n) is 15.8. The Balaban J connectivity index is 1.45. The average molecular weight is 675 g/mol. The number of rotatable bonds is 5. The molecule has 3 heteroatoms. The number of aliphatic imine (C=N–C) groups is 1. The lowest BCUT2D eigenvalue weighted by Gasteiger charge is -2.28. The first kappa shape index (κ1) is 33.2. The van der Waals surface area contributed by atoms with Crippen molar-refractivity contribution in [3.63, 3.8) is 0 Å². The zero-order valence-corrected chi connectivity index (χ0v) is 30.7. The number of amidine groups is 1. The molecule has 1 aliphatic heterocycles. The molecule has 2 radical (unpaired) electrons. The number of hydrogen-bond acceptors (Lipinski definition) is 1. The van der Waals surface area contributed by atoms with Gasteiger partial charge in [-0.15, -0.1) is 0 Å². The fraction of sp³-hybridized carbons (Fsp3) is 0.163. The van der Waals surface area contributed by atoms with Crippen LogP contribution in [0.2, 0.25) is 0 Å². The van der Waals surface area contributed by atoms with Crippen molar-refractivity contribution >= 4 is 38.8 Å². The fourth-order valence-corrected chi connectivity index (χ4v) is 7.46. The van der Waals surface area contributed by atoms with Gasteiger partial charge in [0.05, 0.1) is 11.4 Å². The molecule has 0 bridgehead atoms. The van der Waals surface area contributed by atoms with E-state index < -0.39 is 0 Å². The van der Waals surface area contributed by atoms with E-state index in [1.807, 2.05) is 36.4 Å². The summed E-state index contributed by atoms with van der Waals surface area (Å²) in [5.41, 5.74) is 10.00. The number of benzene rings is 7. The van der Waals surface area contributed by atoms with Crippen molar-refractivity contribution in [3.05, 3.63) is 173 Å². The molecule has 0 spiro atoms. The lowest BCUT2D eigenvalue weighted by atomic mass is 9.76. The molecule has 1 heterocycles. The van der Waals surface area contributed by atoms with Crippen molar-refractivity contribution in [1.29, 1.82) is 0 Å². The molecule has 0 N–H and O–H groups in total. The molecule has 7 aromatic rings. The highest BCUT2D eigenvalue weighted by atomic mass is 16.3. The highest BCUT2D eigenvalue weighted by Gasteiger charge is 2.31. The molecular formula is C49H42N2O. The SMILES string of the molecule is CC(C)(C)c1cc(-c2ccc3ccccc3c2-c2c(C3=NC(c4ccccc4)=C(c4ccccc4)[N]3)ccc3ccccc23)cc(C(C)(C)C)c1[O]. The van der Waals surface area contributed by atoms with Crippen LogP contribution in [0.3, 0.4) is 0 Å². The van der Waals surface area contributed by atoms with Crippen LogP contribution in [0.1, 0.15) is 69.4 Å². The highest BCUT2D eigenvalue weighted by molar-refractivity contribution is 6.22. The zero-order valence-electron chi connectivity index (χ0n) is 30.7. The van der Waals surface area contributed by atoms with Crippen LogP contribution in [0.25, 0.3) is 55.2 Å². The van der Waals surface area contributed by atoms with Crippen LogP contribution in [0, 0.1) is 0 Å². The summed E-state index contributed by atoms with van der Waals surface area (Å²) in [5, 5.41) is 24.0. The van der Waals surface area contributed by atoms with Gasteiger partial charge in [0.15, 0.2) is 11.6 Å². The van der Waals surface area contributed by atoms with E-state index in [4.69, 9.17) is 10.3 Å². The summed E-state index contributed by atoms with van der Waals surface area (Å²) < 4.78 is 0. The Morgan fingerprint density at radius 3 is 1.40 bits per heavy atom. The molecule has 0 saturated carbocycles. The predicted molar refractivity (Wildman–Crippen MR) is 218 cm³/mol. The Labute approximate surface area is 307 Å². The van der Waals surface area contributed by atoms with Crippen molar-refractivity contribution in [3.8, 4) is 28.0 Å². The monoisotopic (exact) mass is 674 g/mol. The molecule has 0 aromatic heterocycles. The van der Waals surface area contributed by atoms with Crippen molar-refractivity contribution in [2.75, 3.05) is 0 Å². The topological polar surface area (TPSA) is 46.4 Å². The van der Waals surface area contributed by atoms with E-state index >= 15 is 0 Å². The first-order valence-electron chi connectivity index (χ1n) is 18.1. The van der Waals surface area contributed by atoms with E-state index in [1.54, 1.807) is 0 Å². The molecule has 52 heavy (non-hydrogen) atoms. The van der Waals surface area contributed by atoms with Crippen LogP contribution in [-0.4, -0.2) is 5.84 Å². The smallest absolute Gasteiger partial charge is 0.186 e. The fourth-order valence-electron chi connectivity index (χ4n) is 7.46. The van der Waals surface area contributed by atoms with Crippen molar-refractivity contribution in [2.45, 2.75) is 52.4 Å². The number of nitrogens with zero attached hydrogens (tertiary/aromatic N) is 2. The van der Waals surface area contributed by atoms with Crippen LogP contribution in [-0.2, 0) is 15.9 Å². The zero-order chi connectivity index (χ0) is 36.2. The molecule has 3 nitrogen and oxygen atoms in total. The van der Waals surface area contributed by atoms with Gasteiger partial charge in [0.25, 0.3) is 0 Å². The van der Waals surface area contributed by atoms with E-state index in [0.717, 1.165) is 83.0 Å². The minimum atomic E-state index is -0.334. The molecule has 254 valence electrons. The Morgan fingerprint density at radius 2 is 0.885 bits per heavy atom. The van der Waals surface area contributed by atoms with Crippen LogP contribution in [0.15, 0.2) is 151 Å². The van der Waals surface area contributed by atoms with Crippen LogP contribution in [0.4, 0.5) is 0 Å².